The number of benzene rings is 1. The van der Waals surface area contributed by atoms with E-state index in [0.29, 0.717) is 31.9 Å². The Morgan fingerprint density at radius 1 is 1.21 bits per heavy atom. The van der Waals surface area contributed by atoms with Crippen LogP contribution in [0.4, 0.5) is 0 Å². The Morgan fingerprint density at radius 2 is 1.92 bits per heavy atom. The second-order valence-electron chi connectivity index (χ2n) is 6.02. The van der Waals surface area contributed by atoms with Crippen molar-refractivity contribution in [1.29, 1.82) is 0 Å². The lowest BCUT2D eigenvalue weighted by Gasteiger charge is -2.29. The smallest absolute Gasteiger partial charge is 0.237 e. The van der Waals surface area contributed by atoms with Gasteiger partial charge in [-0.05, 0) is 24.6 Å². The summed E-state index contributed by atoms with van der Waals surface area (Å²) in [5.74, 6) is 1.71. The maximum absolute atomic E-state index is 12.5. The van der Waals surface area contributed by atoms with Crippen molar-refractivity contribution in [1.82, 2.24) is 9.80 Å². The Balaban J connectivity index is 1.58. The molecular formula is C16H22N2O5S. The lowest BCUT2D eigenvalue weighted by molar-refractivity contribution is -0.132. The SMILES string of the molecule is CCN(Cc1ccc2c(c1)OCO2)C(=O)CN1CCS(=O)(=O)CC1. The van der Waals surface area contributed by atoms with Gasteiger partial charge < -0.3 is 14.4 Å². The highest BCUT2D eigenvalue weighted by atomic mass is 32.2. The zero-order valence-electron chi connectivity index (χ0n) is 13.7. The van der Waals surface area contributed by atoms with Gasteiger partial charge in [0, 0.05) is 26.2 Å². The minimum absolute atomic E-state index is 0.00876. The fourth-order valence-electron chi connectivity index (χ4n) is 2.84. The number of ether oxygens (including phenoxy) is 2. The summed E-state index contributed by atoms with van der Waals surface area (Å²) >= 11 is 0. The highest BCUT2D eigenvalue weighted by molar-refractivity contribution is 7.91. The van der Waals surface area contributed by atoms with Crippen LogP contribution in [0.1, 0.15) is 12.5 Å². The first kappa shape index (κ1) is 17.0. The number of likely N-dealkylation sites (N-methyl/N-ethyl adjacent to an activating group) is 1. The molecule has 2 aliphatic heterocycles. The van der Waals surface area contributed by atoms with E-state index in [1.165, 1.54) is 0 Å². The van der Waals surface area contributed by atoms with Crippen molar-refractivity contribution in [2.24, 2.45) is 0 Å². The van der Waals surface area contributed by atoms with Gasteiger partial charge in [0.25, 0.3) is 0 Å². The summed E-state index contributed by atoms with van der Waals surface area (Å²) in [5.41, 5.74) is 0.982. The molecule has 132 valence electrons. The summed E-state index contributed by atoms with van der Waals surface area (Å²) in [5, 5.41) is 0. The molecule has 0 radical (unpaired) electrons. The van der Waals surface area contributed by atoms with Gasteiger partial charge >= 0.3 is 0 Å². The van der Waals surface area contributed by atoms with Crippen molar-refractivity contribution < 1.29 is 22.7 Å². The third-order valence-electron chi connectivity index (χ3n) is 4.34. The quantitative estimate of drug-likeness (QED) is 0.766. The van der Waals surface area contributed by atoms with Crippen LogP contribution in [0.3, 0.4) is 0 Å². The van der Waals surface area contributed by atoms with E-state index in [0.717, 1.165) is 11.3 Å². The summed E-state index contributed by atoms with van der Waals surface area (Å²) in [6.45, 7) is 4.37. The van der Waals surface area contributed by atoms with E-state index in [9.17, 15) is 13.2 Å². The van der Waals surface area contributed by atoms with Crippen LogP contribution in [-0.2, 0) is 21.2 Å². The second-order valence-corrected chi connectivity index (χ2v) is 8.33. The average molecular weight is 354 g/mol. The van der Waals surface area contributed by atoms with Gasteiger partial charge in [-0.3, -0.25) is 9.69 Å². The molecule has 1 aromatic carbocycles. The van der Waals surface area contributed by atoms with Gasteiger partial charge in [0.05, 0.1) is 18.1 Å². The summed E-state index contributed by atoms with van der Waals surface area (Å²) in [4.78, 5) is 16.2. The van der Waals surface area contributed by atoms with Crippen LogP contribution >= 0.6 is 0 Å². The molecule has 0 aliphatic carbocycles. The van der Waals surface area contributed by atoms with Crippen LogP contribution in [0.5, 0.6) is 11.5 Å². The van der Waals surface area contributed by atoms with E-state index < -0.39 is 9.84 Å². The molecule has 24 heavy (non-hydrogen) atoms. The number of fused-ring (bicyclic) bond motifs is 1. The third kappa shape index (κ3) is 3.99. The molecular weight excluding hydrogens is 332 g/mol. The van der Waals surface area contributed by atoms with Gasteiger partial charge in [-0.15, -0.1) is 0 Å². The second kappa shape index (κ2) is 6.98. The maximum Gasteiger partial charge on any atom is 0.237 e. The minimum atomic E-state index is -2.92. The lowest BCUT2D eigenvalue weighted by atomic mass is 10.2. The summed E-state index contributed by atoms with van der Waals surface area (Å²) in [7, 11) is -2.92. The number of amides is 1. The van der Waals surface area contributed by atoms with Crippen LogP contribution < -0.4 is 9.47 Å². The molecule has 0 aromatic heterocycles. The first-order valence-electron chi connectivity index (χ1n) is 8.06. The Bertz CT molecular complexity index is 705. The number of carbonyl (C=O) groups is 1. The van der Waals surface area contributed by atoms with E-state index in [1.807, 2.05) is 30.0 Å². The molecule has 0 unspecified atom stereocenters. The fraction of sp³-hybridized carbons (Fsp3) is 0.562. The highest BCUT2D eigenvalue weighted by Gasteiger charge is 2.24. The number of hydrogen-bond donors (Lipinski definition) is 0. The van der Waals surface area contributed by atoms with Crippen molar-refractivity contribution >= 4 is 15.7 Å². The molecule has 1 saturated heterocycles. The fourth-order valence-corrected chi connectivity index (χ4v) is 4.11. The van der Waals surface area contributed by atoms with Crippen LogP contribution in [0.2, 0.25) is 0 Å². The molecule has 7 nitrogen and oxygen atoms in total. The lowest BCUT2D eigenvalue weighted by Crippen LogP contribution is -2.46. The zero-order valence-corrected chi connectivity index (χ0v) is 14.5. The molecule has 0 N–H and O–H groups in total. The Kier molecular flexibility index (Phi) is 4.96. The van der Waals surface area contributed by atoms with Crippen molar-refractivity contribution in [2.45, 2.75) is 13.5 Å². The summed E-state index contributed by atoms with van der Waals surface area (Å²) in [6, 6.07) is 5.67. The van der Waals surface area contributed by atoms with Crippen molar-refractivity contribution in [3.63, 3.8) is 0 Å². The number of nitrogens with zero attached hydrogens (tertiary/aromatic N) is 2. The molecule has 0 atom stereocenters. The molecule has 1 fully saturated rings. The first-order valence-corrected chi connectivity index (χ1v) is 9.88. The number of rotatable bonds is 5. The molecule has 0 bridgehead atoms. The Hall–Kier alpha value is -1.80. The molecule has 2 heterocycles. The summed E-state index contributed by atoms with van der Waals surface area (Å²) in [6.07, 6.45) is 0. The number of sulfone groups is 1. The molecule has 0 saturated carbocycles. The maximum atomic E-state index is 12.5. The molecule has 1 amide bonds. The van der Waals surface area contributed by atoms with Crippen molar-refractivity contribution in [2.75, 3.05) is 44.5 Å². The highest BCUT2D eigenvalue weighted by Crippen LogP contribution is 2.32. The topological polar surface area (TPSA) is 76.2 Å². The minimum Gasteiger partial charge on any atom is -0.454 e. The van der Waals surface area contributed by atoms with Gasteiger partial charge in [0.2, 0.25) is 12.7 Å². The molecule has 0 spiro atoms. The van der Waals surface area contributed by atoms with E-state index in [1.54, 1.807) is 4.90 Å². The van der Waals surface area contributed by atoms with Gasteiger partial charge in [-0.2, -0.15) is 0 Å². The van der Waals surface area contributed by atoms with Crippen LogP contribution in [0, 0.1) is 0 Å². The monoisotopic (exact) mass is 354 g/mol. The average Bonchev–Trinajstić information content (AvgIpc) is 3.02. The Morgan fingerprint density at radius 3 is 2.62 bits per heavy atom. The van der Waals surface area contributed by atoms with Crippen LogP contribution in [-0.4, -0.2) is 68.6 Å². The molecule has 8 heteroatoms. The predicted molar refractivity (Wildman–Crippen MR) is 88.7 cm³/mol. The Labute approximate surface area is 142 Å². The van der Waals surface area contributed by atoms with E-state index in [2.05, 4.69) is 0 Å². The van der Waals surface area contributed by atoms with Gasteiger partial charge in [0.1, 0.15) is 0 Å². The third-order valence-corrected chi connectivity index (χ3v) is 5.95. The van der Waals surface area contributed by atoms with Gasteiger partial charge in [-0.1, -0.05) is 6.07 Å². The van der Waals surface area contributed by atoms with Gasteiger partial charge in [-0.25, -0.2) is 8.42 Å². The van der Waals surface area contributed by atoms with Crippen LogP contribution in [0.25, 0.3) is 0 Å². The van der Waals surface area contributed by atoms with E-state index in [-0.39, 0.29) is 30.8 Å². The number of carbonyl (C=O) groups excluding carboxylic acids is 1. The number of hydrogen-bond acceptors (Lipinski definition) is 6. The van der Waals surface area contributed by atoms with Crippen molar-refractivity contribution in [3.05, 3.63) is 23.8 Å². The predicted octanol–water partition coefficient (Wildman–Crippen LogP) is 0.494. The molecule has 1 aromatic rings. The largest absolute Gasteiger partial charge is 0.454 e. The van der Waals surface area contributed by atoms with Crippen molar-refractivity contribution in [3.8, 4) is 11.5 Å². The first-order chi connectivity index (χ1) is 11.5. The van der Waals surface area contributed by atoms with E-state index in [4.69, 9.17) is 9.47 Å². The standard InChI is InChI=1S/C16H22N2O5S/c1-2-18(10-13-3-4-14-15(9-13)23-12-22-14)16(19)11-17-5-7-24(20,21)8-6-17/h3-4,9H,2,5-8,10-12H2,1H3. The normalized spacial score (nSPS) is 19.2. The van der Waals surface area contributed by atoms with E-state index >= 15 is 0 Å². The summed E-state index contributed by atoms with van der Waals surface area (Å²) < 4.78 is 33.6. The van der Waals surface area contributed by atoms with Crippen LogP contribution in [0.15, 0.2) is 18.2 Å². The zero-order chi connectivity index (χ0) is 17.2. The molecule has 3 rings (SSSR count). The molecule has 2 aliphatic rings. The van der Waals surface area contributed by atoms with Gasteiger partial charge in [0.15, 0.2) is 21.3 Å².